The van der Waals surface area contributed by atoms with E-state index in [-0.39, 0.29) is 11.8 Å². The molecule has 0 atom stereocenters. The number of nitrogens with zero attached hydrogens (tertiary/aromatic N) is 2. The molecule has 0 unspecified atom stereocenters. The number of aromatic nitrogens is 2. The number of carbonyl (C=O) groups is 1. The molecule has 3 aromatic rings. The minimum atomic E-state index is -0.454. The Hall–Kier alpha value is -2.66. The summed E-state index contributed by atoms with van der Waals surface area (Å²) in [5.74, 6) is -0.309. The monoisotopic (exact) mass is 313 g/mol. The zero-order valence-electron chi connectivity index (χ0n) is 11.7. The first-order valence-electron chi connectivity index (χ1n) is 6.59. The van der Waals surface area contributed by atoms with Gasteiger partial charge in [-0.1, -0.05) is 35.4 Å². The maximum absolute atomic E-state index is 12.1. The van der Waals surface area contributed by atoms with Gasteiger partial charge in [0.15, 0.2) is 0 Å². The van der Waals surface area contributed by atoms with Gasteiger partial charge < -0.3 is 9.73 Å². The largest absolute Gasteiger partial charge is 0.412 e. The van der Waals surface area contributed by atoms with E-state index < -0.39 is 5.91 Å². The molecule has 0 saturated heterocycles. The lowest BCUT2D eigenvalue weighted by Gasteiger charge is -2.02. The van der Waals surface area contributed by atoms with Crippen molar-refractivity contribution in [3.05, 3.63) is 65.0 Å². The van der Waals surface area contributed by atoms with Crippen LogP contribution in [0.4, 0.5) is 5.69 Å². The number of aryl methyl sites for hydroxylation is 1. The smallest absolute Gasteiger partial charge is 0.313 e. The fourth-order valence-electron chi connectivity index (χ4n) is 1.87. The molecule has 0 spiro atoms. The third-order valence-corrected chi connectivity index (χ3v) is 3.24. The maximum atomic E-state index is 12.1. The van der Waals surface area contributed by atoms with Crippen molar-refractivity contribution in [3.63, 3.8) is 0 Å². The van der Waals surface area contributed by atoms with Crippen LogP contribution in [-0.2, 0) is 0 Å². The first-order chi connectivity index (χ1) is 10.6. The van der Waals surface area contributed by atoms with Gasteiger partial charge in [-0.15, -0.1) is 10.2 Å². The summed E-state index contributed by atoms with van der Waals surface area (Å²) in [5.41, 5.74) is 2.44. The fourth-order valence-corrected chi connectivity index (χ4v) is 2.06. The van der Waals surface area contributed by atoms with Gasteiger partial charge in [0.1, 0.15) is 0 Å². The van der Waals surface area contributed by atoms with Crippen LogP contribution in [0.15, 0.2) is 52.9 Å². The van der Waals surface area contributed by atoms with Gasteiger partial charge in [-0.3, -0.25) is 4.79 Å². The van der Waals surface area contributed by atoms with Crippen molar-refractivity contribution >= 4 is 23.2 Å². The number of hydrogen-bond donors (Lipinski definition) is 1. The quantitative estimate of drug-likeness (QED) is 0.795. The molecule has 1 N–H and O–H groups in total. The summed E-state index contributed by atoms with van der Waals surface area (Å²) in [6.45, 7) is 1.97. The molecule has 0 aliphatic heterocycles. The first kappa shape index (κ1) is 14.3. The lowest BCUT2D eigenvalue weighted by atomic mass is 10.2. The number of amides is 1. The second kappa shape index (κ2) is 5.99. The van der Waals surface area contributed by atoms with E-state index in [0.29, 0.717) is 16.3 Å². The van der Waals surface area contributed by atoms with Gasteiger partial charge in [0.05, 0.1) is 0 Å². The van der Waals surface area contributed by atoms with Gasteiger partial charge in [0, 0.05) is 16.3 Å². The molecule has 1 heterocycles. The van der Waals surface area contributed by atoms with Gasteiger partial charge in [0.25, 0.3) is 0 Å². The second-order valence-corrected chi connectivity index (χ2v) is 5.18. The highest BCUT2D eigenvalue weighted by Crippen LogP contribution is 2.21. The predicted octanol–water partition coefficient (Wildman–Crippen LogP) is 3.95. The van der Waals surface area contributed by atoms with E-state index in [0.717, 1.165) is 5.56 Å². The third-order valence-electron chi connectivity index (χ3n) is 3.00. The Kier molecular flexibility index (Phi) is 3.89. The summed E-state index contributed by atoms with van der Waals surface area (Å²) >= 11 is 5.92. The molecule has 1 amide bonds. The molecule has 0 aliphatic carbocycles. The molecular weight excluding hydrogens is 302 g/mol. The van der Waals surface area contributed by atoms with Crippen LogP contribution in [0, 0.1) is 6.92 Å². The number of hydrogen-bond acceptors (Lipinski definition) is 4. The molecule has 6 heteroatoms. The normalized spacial score (nSPS) is 10.5. The molecule has 110 valence electrons. The van der Waals surface area contributed by atoms with E-state index >= 15 is 0 Å². The summed E-state index contributed by atoms with van der Waals surface area (Å²) in [6, 6.07) is 14.4. The van der Waals surface area contributed by atoms with Crippen LogP contribution in [0.2, 0.25) is 5.02 Å². The van der Waals surface area contributed by atoms with Gasteiger partial charge in [-0.05, 0) is 37.3 Å². The number of benzene rings is 2. The Morgan fingerprint density at radius 3 is 2.64 bits per heavy atom. The zero-order chi connectivity index (χ0) is 15.5. The Morgan fingerprint density at radius 1 is 1.14 bits per heavy atom. The summed E-state index contributed by atoms with van der Waals surface area (Å²) in [7, 11) is 0. The van der Waals surface area contributed by atoms with Crippen LogP contribution in [0.3, 0.4) is 0 Å². The zero-order valence-corrected chi connectivity index (χ0v) is 12.5. The highest BCUT2D eigenvalue weighted by atomic mass is 35.5. The van der Waals surface area contributed by atoms with E-state index in [1.165, 1.54) is 0 Å². The van der Waals surface area contributed by atoms with Crippen LogP contribution in [0.5, 0.6) is 0 Å². The number of anilines is 1. The maximum Gasteiger partial charge on any atom is 0.313 e. The SMILES string of the molecule is Cc1ccc(NC(=O)c2nnc(-c3cccc(Cl)c3)o2)cc1. The van der Waals surface area contributed by atoms with Crippen molar-refractivity contribution in [1.29, 1.82) is 0 Å². The minimum absolute atomic E-state index is 0.101. The number of nitrogens with one attached hydrogen (secondary N) is 1. The predicted molar refractivity (Wildman–Crippen MR) is 83.9 cm³/mol. The van der Waals surface area contributed by atoms with Gasteiger partial charge >= 0.3 is 11.8 Å². The highest BCUT2D eigenvalue weighted by molar-refractivity contribution is 6.30. The van der Waals surface area contributed by atoms with Gasteiger partial charge in [-0.25, -0.2) is 0 Å². The first-order valence-corrected chi connectivity index (χ1v) is 6.97. The molecular formula is C16H12ClN3O2. The van der Waals surface area contributed by atoms with Crippen LogP contribution >= 0.6 is 11.6 Å². The summed E-state index contributed by atoms with van der Waals surface area (Å²) < 4.78 is 5.39. The van der Waals surface area contributed by atoms with Gasteiger partial charge in [0.2, 0.25) is 5.89 Å². The number of rotatable bonds is 3. The Morgan fingerprint density at radius 2 is 1.91 bits per heavy atom. The minimum Gasteiger partial charge on any atom is -0.412 e. The lowest BCUT2D eigenvalue weighted by molar-refractivity contribution is 0.0991. The lowest BCUT2D eigenvalue weighted by Crippen LogP contribution is -2.12. The molecule has 1 aromatic heterocycles. The van der Waals surface area contributed by atoms with E-state index in [1.807, 2.05) is 31.2 Å². The van der Waals surface area contributed by atoms with Crippen LogP contribution in [0.1, 0.15) is 16.2 Å². The molecule has 0 radical (unpaired) electrons. The molecule has 0 bridgehead atoms. The molecule has 0 aliphatic rings. The third kappa shape index (κ3) is 3.15. The number of halogens is 1. The van der Waals surface area contributed by atoms with Crippen molar-refractivity contribution < 1.29 is 9.21 Å². The summed E-state index contributed by atoms with van der Waals surface area (Å²) in [4.78, 5) is 12.1. The van der Waals surface area contributed by atoms with Gasteiger partial charge in [-0.2, -0.15) is 0 Å². The molecule has 3 rings (SSSR count). The van der Waals surface area contributed by atoms with E-state index in [4.69, 9.17) is 16.0 Å². The molecule has 0 fully saturated rings. The molecule has 0 saturated carbocycles. The second-order valence-electron chi connectivity index (χ2n) is 4.74. The average Bonchev–Trinajstić information content (AvgIpc) is 3.00. The van der Waals surface area contributed by atoms with Crippen molar-refractivity contribution in [2.75, 3.05) is 5.32 Å². The van der Waals surface area contributed by atoms with E-state index in [2.05, 4.69) is 15.5 Å². The van der Waals surface area contributed by atoms with Crippen molar-refractivity contribution in [1.82, 2.24) is 10.2 Å². The topological polar surface area (TPSA) is 68.0 Å². The molecule has 2 aromatic carbocycles. The van der Waals surface area contributed by atoms with Crippen LogP contribution in [0.25, 0.3) is 11.5 Å². The van der Waals surface area contributed by atoms with Crippen LogP contribution in [-0.4, -0.2) is 16.1 Å². The van der Waals surface area contributed by atoms with Crippen molar-refractivity contribution in [2.45, 2.75) is 6.92 Å². The Balaban J connectivity index is 1.78. The summed E-state index contributed by atoms with van der Waals surface area (Å²) in [6.07, 6.45) is 0. The standard InChI is InChI=1S/C16H12ClN3O2/c1-10-5-7-13(8-6-10)18-14(21)16-20-19-15(22-16)11-3-2-4-12(17)9-11/h2-9H,1H3,(H,18,21). The summed E-state index contributed by atoms with van der Waals surface area (Å²) in [5, 5.41) is 10.9. The molecule has 5 nitrogen and oxygen atoms in total. The van der Waals surface area contributed by atoms with E-state index in [9.17, 15) is 4.79 Å². The molecule has 22 heavy (non-hydrogen) atoms. The highest BCUT2D eigenvalue weighted by Gasteiger charge is 2.16. The van der Waals surface area contributed by atoms with Crippen molar-refractivity contribution in [3.8, 4) is 11.5 Å². The van der Waals surface area contributed by atoms with E-state index in [1.54, 1.807) is 24.3 Å². The average molecular weight is 314 g/mol. The Labute approximate surface area is 131 Å². The Bertz CT molecular complexity index is 812. The van der Waals surface area contributed by atoms with Crippen molar-refractivity contribution in [2.24, 2.45) is 0 Å². The van der Waals surface area contributed by atoms with Crippen LogP contribution < -0.4 is 5.32 Å². The number of carbonyl (C=O) groups excluding carboxylic acids is 1. The fraction of sp³-hybridized carbons (Fsp3) is 0.0625.